The summed E-state index contributed by atoms with van der Waals surface area (Å²) >= 11 is 0. The number of piperidine rings is 1. The van der Waals surface area contributed by atoms with Crippen LogP contribution in [-0.2, 0) is 0 Å². The maximum atomic E-state index is 12.8. The molecule has 4 nitrogen and oxygen atoms in total. The summed E-state index contributed by atoms with van der Waals surface area (Å²) in [7, 11) is 0. The van der Waals surface area contributed by atoms with E-state index in [0.29, 0.717) is 12.6 Å². The van der Waals surface area contributed by atoms with Gasteiger partial charge in [-0.25, -0.2) is 0 Å². The first-order valence-electron chi connectivity index (χ1n) is 9.53. The van der Waals surface area contributed by atoms with Crippen LogP contribution in [0.4, 0.5) is 5.69 Å². The first-order valence-corrected chi connectivity index (χ1v) is 9.53. The molecular formula is C20H30N2O2. The molecular weight excluding hydrogens is 300 g/mol. The van der Waals surface area contributed by atoms with Gasteiger partial charge in [0.2, 0.25) is 0 Å². The Balaban J connectivity index is 1.64. The highest BCUT2D eigenvalue weighted by molar-refractivity contribution is 5.95. The average Bonchev–Trinajstić information content (AvgIpc) is 2.90. The van der Waals surface area contributed by atoms with Crippen LogP contribution < -0.4 is 5.32 Å². The van der Waals surface area contributed by atoms with Gasteiger partial charge in [-0.1, -0.05) is 31.7 Å². The molecule has 0 radical (unpaired) electrons. The smallest absolute Gasteiger partial charge is 0.253 e. The Morgan fingerprint density at radius 1 is 1.12 bits per heavy atom. The standard InChI is InChI=1S/C20H30N2O2/c23-15-16-7-6-12-22(14-16)20(24)17-8-5-11-19(13-17)21-18-9-3-1-2-4-10-18/h5,8,11,13,16,18,21,23H,1-4,6-7,9-10,12,14-15H2/t16-/m1/s1. The fourth-order valence-corrected chi connectivity index (χ4v) is 3.98. The van der Waals surface area contributed by atoms with Crippen LogP contribution in [0.3, 0.4) is 0 Å². The summed E-state index contributed by atoms with van der Waals surface area (Å²) in [4.78, 5) is 14.7. The molecule has 132 valence electrons. The zero-order valence-electron chi connectivity index (χ0n) is 14.5. The predicted molar refractivity (Wildman–Crippen MR) is 97.3 cm³/mol. The molecule has 24 heavy (non-hydrogen) atoms. The van der Waals surface area contributed by atoms with E-state index < -0.39 is 0 Å². The van der Waals surface area contributed by atoms with Gasteiger partial charge in [-0.05, 0) is 49.8 Å². The molecule has 3 rings (SSSR count). The van der Waals surface area contributed by atoms with Crippen molar-refractivity contribution in [1.29, 1.82) is 0 Å². The number of nitrogens with zero attached hydrogens (tertiary/aromatic N) is 1. The molecule has 1 aromatic rings. The third-order valence-corrected chi connectivity index (χ3v) is 5.40. The van der Waals surface area contributed by atoms with E-state index in [0.717, 1.165) is 30.6 Å². The van der Waals surface area contributed by atoms with Crippen molar-refractivity contribution >= 4 is 11.6 Å². The summed E-state index contributed by atoms with van der Waals surface area (Å²) in [5, 5.41) is 13.0. The topological polar surface area (TPSA) is 52.6 Å². The van der Waals surface area contributed by atoms with Crippen molar-refractivity contribution in [2.45, 2.75) is 57.4 Å². The van der Waals surface area contributed by atoms with E-state index in [9.17, 15) is 9.90 Å². The predicted octanol–water partition coefficient (Wildman–Crippen LogP) is 3.67. The molecule has 2 fully saturated rings. The Labute approximate surface area is 145 Å². The molecule has 2 N–H and O–H groups in total. The number of carbonyl (C=O) groups is 1. The van der Waals surface area contributed by atoms with Crippen molar-refractivity contribution in [2.24, 2.45) is 5.92 Å². The molecule has 1 atom stereocenters. The summed E-state index contributed by atoms with van der Waals surface area (Å²) in [6.07, 6.45) is 9.74. The molecule has 1 heterocycles. The summed E-state index contributed by atoms with van der Waals surface area (Å²) in [6, 6.07) is 8.47. The number of aliphatic hydroxyl groups excluding tert-OH is 1. The van der Waals surface area contributed by atoms with E-state index >= 15 is 0 Å². The Morgan fingerprint density at radius 2 is 1.92 bits per heavy atom. The van der Waals surface area contributed by atoms with Crippen LogP contribution in [0.2, 0.25) is 0 Å². The molecule has 1 saturated heterocycles. The third-order valence-electron chi connectivity index (χ3n) is 5.40. The maximum absolute atomic E-state index is 12.8. The van der Waals surface area contributed by atoms with Crippen molar-refractivity contribution < 1.29 is 9.90 Å². The Kier molecular flexibility index (Phi) is 6.13. The van der Waals surface area contributed by atoms with Gasteiger partial charge in [0.15, 0.2) is 0 Å². The van der Waals surface area contributed by atoms with Crippen molar-refractivity contribution in [2.75, 3.05) is 25.0 Å². The summed E-state index contributed by atoms with van der Waals surface area (Å²) in [5.74, 6) is 0.327. The molecule has 0 spiro atoms. The van der Waals surface area contributed by atoms with Gasteiger partial charge in [0.25, 0.3) is 5.91 Å². The molecule has 1 aromatic carbocycles. The number of likely N-dealkylation sites (tertiary alicyclic amines) is 1. The second kappa shape index (κ2) is 8.52. The minimum atomic E-state index is 0.0951. The molecule has 0 unspecified atom stereocenters. The summed E-state index contributed by atoms with van der Waals surface area (Å²) < 4.78 is 0. The van der Waals surface area contributed by atoms with Crippen molar-refractivity contribution in [3.05, 3.63) is 29.8 Å². The molecule has 1 aliphatic carbocycles. The van der Waals surface area contributed by atoms with Crippen LogP contribution in [-0.4, -0.2) is 41.7 Å². The second-order valence-corrected chi connectivity index (χ2v) is 7.36. The van der Waals surface area contributed by atoms with Crippen LogP contribution in [0.5, 0.6) is 0 Å². The van der Waals surface area contributed by atoms with Crippen molar-refractivity contribution in [1.82, 2.24) is 4.90 Å². The first kappa shape index (κ1) is 17.3. The molecule has 2 aliphatic rings. The van der Waals surface area contributed by atoms with Gasteiger partial charge in [-0.2, -0.15) is 0 Å². The van der Waals surface area contributed by atoms with Gasteiger partial charge in [0.1, 0.15) is 0 Å². The number of nitrogens with one attached hydrogen (secondary N) is 1. The van der Waals surface area contributed by atoms with E-state index in [2.05, 4.69) is 11.4 Å². The quantitative estimate of drug-likeness (QED) is 0.828. The number of anilines is 1. The monoisotopic (exact) mass is 330 g/mol. The number of benzene rings is 1. The number of amides is 1. The Morgan fingerprint density at radius 3 is 2.67 bits per heavy atom. The van der Waals surface area contributed by atoms with Gasteiger partial charge in [0, 0.05) is 37.0 Å². The van der Waals surface area contributed by atoms with Gasteiger partial charge in [-0.15, -0.1) is 0 Å². The Hall–Kier alpha value is -1.55. The minimum Gasteiger partial charge on any atom is -0.396 e. The van der Waals surface area contributed by atoms with Crippen LogP contribution in [0.15, 0.2) is 24.3 Å². The normalized spacial score (nSPS) is 22.9. The number of hydrogen-bond acceptors (Lipinski definition) is 3. The molecule has 0 bridgehead atoms. The van der Waals surface area contributed by atoms with Crippen LogP contribution in [0.1, 0.15) is 61.7 Å². The van der Waals surface area contributed by atoms with E-state index in [1.54, 1.807) is 0 Å². The van der Waals surface area contributed by atoms with E-state index in [1.807, 2.05) is 23.1 Å². The van der Waals surface area contributed by atoms with Crippen LogP contribution >= 0.6 is 0 Å². The molecule has 1 aliphatic heterocycles. The second-order valence-electron chi connectivity index (χ2n) is 7.36. The van der Waals surface area contributed by atoms with Gasteiger partial charge < -0.3 is 15.3 Å². The lowest BCUT2D eigenvalue weighted by Gasteiger charge is -2.32. The fraction of sp³-hybridized carbons (Fsp3) is 0.650. The average molecular weight is 330 g/mol. The minimum absolute atomic E-state index is 0.0951. The Bertz CT molecular complexity index is 538. The number of rotatable bonds is 4. The highest BCUT2D eigenvalue weighted by atomic mass is 16.3. The van der Waals surface area contributed by atoms with E-state index in [-0.39, 0.29) is 18.4 Å². The fourth-order valence-electron chi connectivity index (χ4n) is 3.98. The van der Waals surface area contributed by atoms with E-state index in [4.69, 9.17) is 0 Å². The van der Waals surface area contributed by atoms with Gasteiger partial charge >= 0.3 is 0 Å². The number of hydrogen-bond donors (Lipinski definition) is 2. The maximum Gasteiger partial charge on any atom is 0.253 e. The highest BCUT2D eigenvalue weighted by Crippen LogP contribution is 2.23. The molecule has 4 heteroatoms. The van der Waals surface area contributed by atoms with Crippen molar-refractivity contribution in [3.8, 4) is 0 Å². The van der Waals surface area contributed by atoms with E-state index in [1.165, 1.54) is 38.5 Å². The zero-order chi connectivity index (χ0) is 16.8. The summed E-state index contributed by atoms with van der Waals surface area (Å²) in [6.45, 7) is 1.65. The zero-order valence-corrected chi connectivity index (χ0v) is 14.5. The molecule has 0 aromatic heterocycles. The van der Waals surface area contributed by atoms with Gasteiger partial charge in [0.05, 0.1) is 0 Å². The third kappa shape index (κ3) is 4.50. The van der Waals surface area contributed by atoms with Gasteiger partial charge in [-0.3, -0.25) is 4.79 Å². The number of carbonyl (C=O) groups excluding carboxylic acids is 1. The lowest BCUT2D eigenvalue weighted by Crippen LogP contribution is -2.40. The molecule has 1 amide bonds. The lowest BCUT2D eigenvalue weighted by molar-refractivity contribution is 0.0621. The lowest BCUT2D eigenvalue weighted by atomic mass is 9.98. The largest absolute Gasteiger partial charge is 0.396 e. The SMILES string of the molecule is O=C(c1cccc(NC2CCCCCC2)c1)N1CCC[C@@H](CO)C1. The number of aliphatic hydroxyl groups is 1. The summed E-state index contributed by atoms with van der Waals surface area (Å²) in [5.41, 5.74) is 1.82. The van der Waals surface area contributed by atoms with Crippen LogP contribution in [0.25, 0.3) is 0 Å². The highest BCUT2D eigenvalue weighted by Gasteiger charge is 2.24. The van der Waals surface area contributed by atoms with Crippen LogP contribution in [0, 0.1) is 5.92 Å². The van der Waals surface area contributed by atoms with Crippen molar-refractivity contribution in [3.63, 3.8) is 0 Å². The first-order chi connectivity index (χ1) is 11.8. The molecule has 1 saturated carbocycles.